The van der Waals surface area contributed by atoms with E-state index >= 15 is 0 Å². The Balaban J connectivity index is 1.61. The number of carbonyl (C=O) groups excluding carboxylic acids is 1. The van der Waals surface area contributed by atoms with Crippen LogP contribution in [0, 0.1) is 0 Å². The van der Waals surface area contributed by atoms with Gasteiger partial charge in [-0.05, 0) is 36.2 Å². The molecule has 134 valence electrons. The molecule has 0 fully saturated rings. The van der Waals surface area contributed by atoms with Crippen LogP contribution in [0.15, 0.2) is 47.5 Å². The van der Waals surface area contributed by atoms with Gasteiger partial charge in [-0.15, -0.1) is 11.8 Å². The van der Waals surface area contributed by atoms with E-state index in [1.165, 1.54) is 0 Å². The normalized spacial score (nSPS) is 10.3. The van der Waals surface area contributed by atoms with Crippen molar-refractivity contribution in [2.45, 2.75) is 24.8 Å². The number of halogens is 1. The Morgan fingerprint density at radius 2 is 2.00 bits per heavy atom. The Kier molecular flexibility index (Phi) is 8.42. The molecule has 2 amide bonds. The summed E-state index contributed by atoms with van der Waals surface area (Å²) in [6, 6.07) is 11.2. The molecule has 0 atom stereocenters. The van der Waals surface area contributed by atoms with Crippen molar-refractivity contribution < 1.29 is 9.53 Å². The Hall–Kier alpha value is -1.92. The first-order valence-corrected chi connectivity index (χ1v) is 9.51. The minimum atomic E-state index is -0.192. The van der Waals surface area contributed by atoms with Gasteiger partial charge in [-0.1, -0.05) is 24.6 Å². The number of pyridine rings is 1. The molecule has 0 spiro atoms. The van der Waals surface area contributed by atoms with Gasteiger partial charge in [0.2, 0.25) is 5.88 Å². The van der Waals surface area contributed by atoms with Crippen LogP contribution in [0.1, 0.15) is 18.9 Å². The van der Waals surface area contributed by atoms with Crippen molar-refractivity contribution in [1.82, 2.24) is 15.6 Å². The lowest BCUT2D eigenvalue weighted by Gasteiger charge is -2.08. The van der Waals surface area contributed by atoms with Crippen molar-refractivity contribution in [3.63, 3.8) is 0 Å². The number of nitrogens with one attached hydrogen (secondary N) is 2. The fourth-order valence-corrected chi connectivity index (χ4v) is 2.81. The third-order valence-corrected chi connectivity index (χ3v) is 4.44. The predicted octanol–water partition coefficient (Wildman–Crippen LogP) is 4.12. The lowest BCUT2D eigenvalue weighted by molar-refractivity contribution is 0.241. The summed E-state index contributed by atoms with van der Waals surface area (Å²) < 4.78 is 5.42. The summed E-state index contributed by atoms with van der Waals surface area (Å²) in [4.78, 5) is 17.1. The van der Waals surface area contributed by atoms with E-state index in [-0.39, 0.29) is 6.03 Å². The summed E-state index contributed by atoms with van der Waals surface area (Å²) >= 11 is 7.51. The van der Waals surface area contributed by atoms with E-state index in [1.807, 2.05) is 43.3 Å². The molecule has 2 N–H and O–H groups in total. The van der Waals surface area contributed by atoms with Crippen LogP contribution in [0.5, 0.6) is 5.88 Å². The fraction of sp³-hybridized carbons (Fsp3) is 0.333. The van der Waals surface area contributed by atoms with Crippen molar-refractivity contribution in [2.75, 3.05) is 18.9 Å². The SMILES string of the molecule is CCCOc1ccc(CNC(=O)NCCSc2ccc(Cl)cc2)cn1. The van der Waals surface area contributed by atoms with E-state index in [0.717, 1.165) is 27.7 Å². The average Bonchev–Trinajstić information content (AvgIpc) is 2.64. The maximum atomic E-state index is 11.8. The summed E-state index contributed by atoms with van der Waals surface area (Å²) in [5.41, 5.74) is 0.925. The molecule has 5 nitrogen and oxygen atoms in total. The van der Waals surface area contributed by atoms with E-state index in [0.29, 0.717) is 25.6 Å². The largest absolute Gasteiger partial charge is 0.478 e. The Bertz CT molecular complexity index is 650. The first kappa shape index (κ1) is 19.4. The molecular weight excluding hydrogens is 358 g/mol. The van der Waals surface area contributed by atoms with Crippen LogP contribution in [0.3, 0.4) is 0 Å². The summed E-state index contributed by atoms with van der Waals surface area (Å²) in [6.45, 7) is 3.71. The van der Waals surface area contributed by atoms with Gasteiger partial charge in [0.25, 0.3) is 0 Å². The zero-order valence-corrected chi connectivity index (χ0v) is 15.7. The molecule has 25 heavy (non-hydrogen) atoms. The van der Waals surface area contributed by atoms with Crippen LogP contribution >= 0.6 is 23.4 Å². The van der Waals surface area contributed by atoms with Crippen LogP contribution in [0.2, 0.25) is 5.02 Å². The van der Waals surface area contributed by atoms with E-state index in [9.17, 15) is 4.79 Å². The third kappa shape index (κ3) is 7.67. The summed E-state index contributed by atoms with van der Waals surface area (Å²) in [5, 5.41) is 6.37. The number of nitrogens with zero attached hydrogens (tertiary/aromatic N) is 1. The molecule has 0 saturated carbocycles. The second-order valence-electron chi connectivity index (χ2n) is 5.26. The molecule has 0 radical (unpaired) electrons. The van der Waals surface area contributed by atoms with Crippen LogP contribution in [-0.4, -0.2) is 29.9 Å². The summed E-state index contributed by atoms with van der Waals surface area (Å²) in [7, 11) is 0. The second-order valence-corrected chi connectivity index (χ2v) is 6.87. The quantitative estimate of drug-likeness (QED) is 0.508. The highest BCUT2D eigenvalue weighted by molar-refractivity contribution is 7.99. The molecule has 1 aromatic heterocycles. The third-order valence-electron chi connectivity index (χ3n) is 3.17. The van der Waals surface area contributed by atoms with Crippen LogP contribution in [0.4, 0.5) is 4.79 Å². The molecule has 2 rings (SSSR count). The van der Waals surface area contributed by atoms with Gasteiger partial charge in [0, 0.05) is 41.0 Å². The van der Waals surface area contributed by atoms with Crippen LogP contribution in [-0.2, 0) is 6.54 Å². The zero-order chi connectivity index (χ0) is 17.9. The number of thioether (sulfide) groups is 1. The number of hydrogen-bond donors (Lipinski definition) is 2. The molecule has 0 saturated heterocycles. The van der Waals surface area contributed by atoms with Crippen molar-refractivity contribution in [2.24, 2.45) is 0 Å². The van der Waals surface area contributed by atoms with E-state index in [1.54, 1.807) is 18.0 Å². The first-order chi connectivity index (χ1) is 12.2. The Morgan fingerprint density at radius 1 is 1.20 bits per heavy atom. The average molecular weight is 380 g/mol. The number of rotatable bonds is 9. The van der Waals surface area contributed by atoms with Gasteiger partial charge in [0.15, 0.2) is 0 Å². The van der Waals surface area contributed by atoms with Gasteiger partial charge in [-0.2, -0.15) is 0 Å². The topological polar surface area (TPSA) is 63.2 Å². The van der Waals surface area contributed by atoms with Gasteiger partial charge in [-0.3, -0.25) is 0 Å². The number of hydrogen-bond acceptors (Lipinski definition) is 4. The maximum absolute atomic E-state index is 11.8. The highest BCUT2D eigenvalue weighted by atomic mass is 35.5. The number of carbonyl (C=O) groups is 1. The minimum Gasteiger partial charge on any atom is -0.478 e. The van der Waals surface area contributed by atoms with Crippen LogP contribution in [0.25, 0.3) is 0 Å². The lowest BCUT2D eigenvalue weighted by Crippen LogP contribution is -2.36. The van der Waals surface area contributed by atoms with Crippen molar-refractivity contribution in [1.29, 1.82) is 0 Å². The lowest BCUT2D eigenvalue weighted by atomic mass is 10.3. The molecule has 0 aliphatic heterocycles. The van der Waals surface area contributed by atoms with Crippen LogP contribution < -0.4 is 15.4 Å². The standard InChI is InChI=1S/C18H22ClN3O2S/c1-2-10-24-17-8-3-14(12-21-17)13-22-18(23)20-9-11-25-16-6-4-15(19)5-7-16/h3-8,12H,2,9-11,13H2,1H3,(H2,20,22,23). The Labute approximate surface area is 157 Å². The Morgan fingerprint density at radius 3 is 2.68 bits per heavy atom. The minimum absolute atomic E-state index is 0.192. The van der Waals surface area contributed by atoms with E-state index in [2.05, 4.69) is 15.6 Å². The van der Waals surface area contributed by atoms with Gasteiger partial charge >= 0.3 is 6.03 Å². The fourth-order valence-electron chi connectivity index (χ4n) is 1.92. The van der Waals surface area contributed by atoms with Gasteiger partial charge in [0.05, 0.1) is 6.61 Å². The number of aromatic nitrogens is 1. The molecule has 7 heteroatoms. The molecule has 0 aliphatic rings. The summed E-state index contributed by atoms with van der Waals surface area (Å²) in [5.74, 6) is 1.40. The number of amides is 2. The second kappa shape index (κ2) is 10.8. The molecule has 1 heterocycles. The maximum Gasteiger partial charge on any atom is 0.315 e. The van der Waals surface area contributed by atoms with E-state index in [4.69, 9.17) is 16.3 Å². The van der Waals surface area contributed by atoms with E-state index < -0.39 is 0 Å². The van der Waals surface area contributed by atoms with Crippen molar-refractivity contribution in [3.05, 3.63) is 53.2 Å². The van der Waals surface area contributed by atoms with Gasteiger partial charge in [0.1, 0.15) is 0 Å². The molecule has 1 aromatic carbocycles. The molecule has 2 aromatic rings. The molecule has 0 aliphatic carbocycles. The van der Waals surface area contributed by atoms with Crippen molar-refractivity contribution >= 4 is 29.4 Å². The van der Waals surface area contributed by atoms with Gasteiger partial charge in [-0.25, -0.2) is 9.78 Å². The van der Waals surface area contributed by atoms with Gasteiger partial charge < -0.3 is 15.4 Å². The zero-order valence-electron chi connectivity index (χ0n) is 14.1. The highest BCUT2D eigenvalue weighted by Gasteiger charge is 2.02. The molecule has 0 unspecified atom stereocenters. The number of benzene rings is 1. The number of ether oxygens (including phenoxy) is 1. The summed E-state index contributed by atoms with van der Waals surface area (Å²) in [6.07, 6.45) is 2.66. The predicted molar refractivity (Wildman–Crippen MR) is 102 cm³/mol. The first-order valence-electron chi connectivity index (χ1n) is 8.15. The molecule has 0 bridgehead atoms. The van der Waals surface area contributed by atoms with Crippen molar-refractivity contribution in [3.8, 4) is 5.88 Å². The molecular formula is C18H22ClN3O2S. The smallest absolute Gasteiger partial charge is 0.315 e. The highest BCUT2D eigenvalue weighted by Crippen LogP contribution is 2.19. The number of urea groups is 1. The monoisotopic (exact) mass is 379 g/mol.